The summed E-state index contributed by atoms with van der Waals surface area (Å²) in [6.45, 7) is 2.61. The summed E-state index contributed by atoms with van der Waals surface area (Å²) >= 11 is 0. The molecule has 2 aromatic carbocycles. The van der Waals surface area contributed by atoms with E-state index < -0.39 is 0 Å². The number of aryl methyl sites for hydroxylation is 1. The number of aromatic amines is 1. The van der Waals surface area contributed by atoms with Crippen LogP contribution in [0.3, 0.4) is 0 Å². The zero-order valence-corrected chi connectivity index (χ0v) is 17.0. The molecule has 0 fully saturated rings. The zero-order valence-electron chi connectivity index (χ0n) is 17.0. The standard InChI is InChI=1S/C22H22N6O2/c1-13-8-18(30-3)17(16-6-7-25-20(13)16)12-28-11-15-5-4-14(9-23)21(22(15)27-28)26-10-19(29)24-2/h4-8,11,25-26H,10,12H2,1-3H3,(H,24,29). The Morgan fingerprint density at radius 1 is 1.37 bits per heavy atom. The number of ether oxygens (including phenoxy) is 1. The summed E-state index contributed by atoms with van der Waals surface area (Å²) in [5.74, 6) is 0.629. The molecule has 0 bridgehead atoms. The number of nitriles is 1. The molecule has 0 unspecified atom stereocenters. The number of likely N-dealkylation sites (N-methyl/N-ethyl adjacent to an activating group) is 1. The number of carbonyl (C=O) groups excluding carboxylic acids is 1. The summed E-state index contributed by atoms with van der Waals surface area (Å²) in [6, 6.07) is 9.81. The Morgan fingerprint density at radius 3 is 2.93 bits per heavy atom. The first-order chi connectivity index (χ1) is 14.5. The van der Waals surface area contributed by atoms with Gasteiger partial charge < -0.3 is 20.4 Å². The minimum atomic E-state index is -0.172. The molecule has 0 saturated heterocycles. The van der Waals surface area contributed by atoms with Gasteiger partial charge in [0, 0.05) is 41.3 Å². The van der Waals surface area contributed by atoms with E-state index in [0.29, 0.717) is 23.3 Å². The highest BCUT2D eigenvalue weighted by molar-refractivity contribution is 5.95. The highest BCUT2D eigenvalue weighted by atomic mass is 16.5. The van der Waals surface area contributed by atoms with Crippen molar-refractivity contribution in [3.63, 3.8) is 0 Å². The van der Waals surface area contributed by atoms with E-state index in [0.717, 1.165) is 33.2 Å². The number of aromatic nitrogens is 3. The van der Waals surface area contributed by atoms with Crippen LogP contribution in [0.1, 0.15) is 16.7 Å². The van der Waals surface area contributed by atoms with Gasteiger partial charge >= 0.3 is 0 Å². The average Bonchev–Trinajstić information content (AvgIpc) is 3.40. The number of nitrogens with zero attached hydrogens (tertiary/aromatic N) is 3. The van der Waals surface area contributed by atoms with E-state index in [9.17, 15) is 10.1 Å². The number of nitrogens with one attached hydrogen (secondary N) is 3. The molecule has 4 aromatic rings. The number of anilines is 1. The van der Waals surface area contributed by atoms with Crippen molar-refractivity contribution in [2.45, 2.75) is 13.5 Å². The molecule has 0 aliphatic rings. The minimum absolute atomic E-state index is 0.0624. The van der Waals surface area contributed by atoms with Gasteiger partial charge in [-0.05, 0) is 36.8 Å². The Bertz CT molecular complexity index is 1290. The first-order valence-electron chi connectivity index (χ1n) is 9.54. The van der Waals surface area contributed by atoms with Crippen LogP contribution in [0.2, 0.25) is 0 Å². The maximum atomic E-state index is 11.7. The van der Waals surface area contributed by atoms with Crippen molar-refractivity contribution in [1.82, 2.24) is 20.1 Å². The molecule has 30 heavy (non-hydrogen) atoms. The fraction of sp³-hybridized carbons (Fsp3) is 0.227. The van der Waals surface area contributed by atoms with Gasteiger partial charge in [-0.3, -0.25) is 9.48 Å². The third kappa shape index (κ3) is 3.31. The summed E-state index contributed by atoms with van der Waals surface area (Å²) in [5, 5.41) is 21.8. The van der Waals surface area contributed by atoms with Crippen LogP contribution >= 0.6 is 0 Å². The maximum Gasteiger partial charge on any atom is 0.239 e. The number of carbonyl (C=O) groups is 1. The van der Waals surface area contributed by atoms with Crippen molar-refractivity contribution in [1.29, 1.82) is 5.26 Å². The molecule has 0 aliphatic carbocycles. The lowest BCUT2D eigenvalue weighted by Crippen LogP contribution is -2.26. The SMILES string of the molecule is CNC(=O)CNc1c(C#N)ccc2cn(Cc3c(OC)cc(C)c4[nH]ccc34)nc12. The summed E-state index contributed by atoms with van der Waals surface area (Å²) in [6.07, 6.45) is 3.85. The number of fused-ring (bicyclic) bond motifs is 2. The van der Waals surface area contributed by atoms with Crippen LogP contribution in [-0.2, 0) is 11.3 Å². The molecular weight excluding hydrogens is 380 g/mol. The van der Waals surface area contributed by atoms with Crippen molar-refractivity contribution < 1.29 is 9.53 Å². The molecule has 2 heterocycles. The number of hydrogen-bond acceptors (Lipinski definition) is 5. The number of H-pyrrole nitrogens is 1. The molecule has 3 N–H and O–H groups in total. The first kappa shape index (κ1) is 19.3. The van der Waals surface area contributed by atoms with Crippen LogP contribution in [-0.4, -0.2) is 41.4 Å². The van der Waals surface area contributed by atoms with Crippen LogP contribution in [0.5, 0.6) is 5.75 Å². The van der Waals surface area contributed by atoms with Gasteiger partial charge in [-0.25, -0.2) is 0 Å². The van der Waals surface area contributed by atoms with Gasteiger partial charge in [0.1, 0.15) is 17.3 Å². The van der Waals surface area contributed by atoms with E-state index >= 15 is 0 Å². The fourth-order valence-electron chi connectivity index (χ4n) is 3.69. The lowest BCUT2D eigenvalue weighted by atomic mass is 10.0. The summed E-state index contributed by atoms with van der Waals surface area (Å²) in [5.41, 5.74) is 4.85. The molecule has 0 spiro atoms. The monoisotopic (exact) mass is 402 g/mol. The largest absolute Gasteiger partial charge is 0.496 e. The third-order valence-corrected chi connectivity index (χ3v) is 5.20. The van der Waals surface area contributed by atoms with Crippen LogP contribution in [0.4, 0.5) is 5.69 Å². The van der Waals surface area contributed by atoms with Gasteiger partial charge in [-0.1, -0.05) is 0 Å². The number of amides is 1. The third-order valence-electron chi connectivity index (χ3n) is 5.20. The molecule has 0 aliphatic heterocycles. The summed E-state index contributed by atoms with van der Waals surface area (Å²) in [7, 11) is 3.23. The first-order valence-corrected chi connectivity index (χ1v) is 9.54. The van der Waals surface area contributed by atoms with Gasteiger partial charge in [-0.15, -0.1) is 0 Å². The van der Waals surface area contributed by atoms with Crippen molar-refractivity contribution in [3.8, 4) is 11.8 Å². The number of benzene rings is 2. The Kier molecular flexibility index (Phi) is 5.02. The van der Waals surface area contributed by atoms with E-state index in [1.807, 2.05) is 42.2 Å². The second kappa shape index (κ2) is 7.79. The van der Waals surface area contributed by atoms with E-state index in [-0.39, 0.29) is 12.5 Å². The predicted molar refractivity (Wildman–Crippen MR) is 116 cm³/mol. The van der Waals surface area contributed by atoms with Gasteiger partial charge in [0.15, 0.2) is 0 Å². The summed E-state index contributed by atoms with van der Waals surface area (Å²) < 4.78 is 7.46. The molecular formula is C22H22N6O2. The second-order valence-corrected chi connectivity index (χ2v) is 7.03. The lowest BCUT2D eigenvalue weighted by molar-refractivity contribution is -0.118. The van der Waals surface area contributed by atoms with E-state index in [4.69, 9.17) is 9.84 Å². The van der Waals surface area contributed by atoms with E-state index in [2.05, 4.69) is 21.7 Å². The molecule has 0 saturated carbocycles. The second-order valence-electron chi connectivity index (χ2n) is 7.03. The van der Waals surface area contributed by atoms with Crippen LogP contribution < -0.4 is 15.4 Å². The molecule has 152 valence electrons. The fourth-order valence-corrected chi connectivity index (χ4v) is 3.69. The zero-order chi connectivity index (χ0) is 21.3. The van der Waals surface area contributed by atoms with Crippen LogP contribution in [0.25, 0.3) is 21.8 Å². The number of rotatable bonds is 6. The molecule has 2 aromatic heterocycles. The van der Waals surface area contributed by atoms with Crippen molar-refractivity contribution in [3.05, 3.63) is 53.3 Å². The van der Waals surface area contributed by atoms with Crippen molar-refractivity contribution in [2.75, 3.05) is 26.0 Å². The van der Waals surface area contributed by atoms with E-state index in [1.165, 1.54) is 0 Å². The predicted octanol–water partition coefficient (Wildman–Crippen LogP) is 2.91. The Morgan fingerprint density at radius 2 is 2.20 bits per heavy atom. The van der Waals surface area contributed by atoms with Crippen LogP contribution in [0.15, 0.2) is 36.7 Å². The van der Waals surface area contributed by atoms with Gasteiger partial charge in [0.25, 0.3) is 0 Å². The molecule has 1 amide bonds. The smallest absolute Gasteiger partial charge is 0.239 e. The number of methoxy groups -OCH3 is 1. The topological polar surface area (TPSA) is 108 Å². The van der Waals surface area contributed by atoms with Crippen molar-refractivity contribution >= 4 is 33.4 Å². The van der Waals surface area contributed by atoms with Crippen molar-refractivity contribution in [2.24, 2.45) is 0 Å². The lowest BCUT2D eigenvalue weighted by Gasteiger charge is -2.12. The van der Waals surface area contributed by atoms with Gasteiger partial charge in [-0.2, -0.15) is 10.4 Å². The highest BCUT2D eigenvalue weighted by Gasteiger charge is 2.16. The van der Waals surface area contributed by atoms with Crippen LogP contribution in [0, 0.1) is 18.3 Å². The minimum Gasteiger partial charge on any atom is -0.496 e. The Hall–Kier alpha value is -3.99. The molecule has 8 heteroatoms. The summed E-state index contributed by atoms with van der Waals surface area (Å²) in [4.78, 5) is 14.9. The van der Waals surface area contributed by atoms with Gasteiger partial charge in [0.05, 0.1) is 31.5 Å². The van der Waals surface area contributed by atoms with Gasteiger partial charge in [0.2, 0.25) is 5.91 Å². The maximum absolute atomic E-state index is 11.7. The average molecular weight is 402 g/mol. The molecule has 0 atom stereocenters. The Balaban J connectivity index is 1.78. The highest BCUT2D eigenvalue weighted by Crippen LogP contribution is 2.32. The molecule has 4 rings (SSSR count). The number of hydrogen-bond donors (Lipinski definition) is 3. The molecule has 8 nitrogen and oxygen atoms in total. The normalized spacial score (nSPS) is 10.9. The molecule has 0 radical (unpaired) electrons. The van der Waals surface area contributed by atoms with E-state index in [1.54, 1.807) is 20.2 Å². The quantitative estimate of drug-likeness (QED) is 0.460. The Labute approximate surface area is 173 Å².